The molecule has 0 radical (unpaired) electrons. The van der Waals surface area contributed by atoms with Crippen LogP contribution in [-0.2, 0) is 12.8 Å². The fourth-order valence-corrected chi connectivity index (χ4v) is 2.49. The second-order valence-corrected chi connectivity index (χ2v) is 5.47. The van der Waals surface area contributed by atoms with E-state index in [1.54, 1.807) is 6.07 Å². The van der Waals surface area contributed by atoms with E-state index in [1.807, 2.05) is 31.2 Å². The summed E-state index contributed by atoms with van der Waals surface area (Å²) in [5.41, 5.74) is 1.95. The van der Waals surface area contributed by atoms with E-state index in [0.29, 0.717) is 11.4 Å². The molecule has 0 aliphatic rings. The lowest BCUT2D eigenvalue weighted by Crippen LogP contribution is -2.33. The maximum Gasteiger partial charge on any atom is 0.159 e. The number of halogens is 3. The summed E-state index contributed by atoms with van der Waals surface area (Å²) in [6.07, 6.45) is 1.46. The molecule has 0 saturated carbocycles. The second kappa shape index (κ2) is 7.53. The van der Waals surface area contributed by atoms with Crippen molar-refractivity contribution in [1.29, 1.82) is 0 Å². The number of hydrogen-bond donors (Lipinski definition) is 1. The molecule has 0 heterocycles. The Labute approximate surface area is 128 Å². The molecule has 0 fully saturated rings. The Kier molecular flexibility index (Phi) is 5.71. The van der Waals surface area contributed by atoms with Crippen molar-refractivity contribution in [3.8, 4) is 0 Å². The first-order chi connectivity index (χ1) is 10.1. The summed E-state index contributed by atoms with van der Waals surface area (Å²) >= 11 is 5.88. The first kappa shape index (κ1) is 15.9. The third-order valence-electron chi connectivity index (χ3n) is 3.35. The molecule has 0 bridgehead atoms. The molecule has 21 heavy (non-hydrogen) atoms. The predicted octanol–water partition coefficient (Wildman–Crippen LogP) is 4.38. The van der Waals surface area contributed by atoms with E-state index in [4.69, 9.17) is 11.6 Å². The van der Waals surface area contributed by atoms with Gasteiger partial charge in [-0.25, -0.2) is 8.78 Å². The van der Waals surface area contributed by atoms with Gasteiger partial charge in [-0.15, -0.1) is 0 Å². The topological polar surface area (TPSA) is 12.0 Å². The summed E-state index contributed by atoms with van der Waals surface area (Å²) in [6.45, 7) is 2.85. The largest absolute Gasteiger partial charge is 0.314 e. The minimum atomic E-state index is -0.809. The van der Waals surface area contributed by atoms with Gasteiger partial charge in [-0.3, -0.25) is 0 Å². The Morgan fingerprint density at radius 2 is 1.57 bits per heavy atom. The van der Waals surface area contributed by atoms with Crippen LogP contribution in [0.3, 0.4) is 0 Å². The SMILES string of the molecule is CCNC(Cc1ccc(Cl)cc1)Cc1ccc(F)c(F)c1. The molecule has 2 rings (SSSR count). The summed E-state index contributed by atoms with van der Waals surface area (Å²) in [7, 11) is 0. The molecule has 1 N–H and O–H groups in total. The number of hydrogen-bond acceptors (Lipinski definition) is 1. The van der Waals surface area contributed by atoms with Crippen molar-refractivity contribution < 1.29 is 8.78 Å². The van der Waals surface area contributed by atoms with Crippen LogP contribution in [0.25, 0.3) is 0 Å². The summed E-state index contributed by atoms with van der Waals surface area (Å²) < 4.78 is 26.2. The summed E-state index contributed by atoms with van der Waals surface area (Å²) in [6, 6.07) is 11.9. The molecule has 4 heteroatoms. The lowest BCUT2D eigenvalue weighted by molar-refractivity contribution is 0.498. The Morgan fingerprint density at radius 1 is 0.952 bits per heavy atom. The maximum absolute atomic E-state index is 13.3. The maximum atomic E-state index is 13.3. The summed E-state index contributed by atoms with van der Waals surface area (Å²) in [5, 5.41) is 4.09. The van der Waals surface area contributed by atoms with Crippen LogP contribution in [0.15, 0.2) is 42.5 Å². The van der Waals surface area contributed by atoms with E-state index in [0.717, 1.165) is 24.1 Å². The van der Waals surface area contributed by atoms with Gasteiger partial charge in [-0.2, -0.15) is 0 Å². The zero-order valence-electron chi connectivity index (χ0n) is 11.9. The molecular weight excluding hydrogens is 292 g/mol. The van der Waals surface area contributed by atoms with Crippen LogP contribution in [0.4, 0.5) is 8.78 Å². The van der Waals surface area contributed by atoms with E-state index >= 15 is 0 Å². The monoisotopic (exact) mass is 309 g/mol. The van der Waals surface area contributed by atoms with E-state index in [9.17, 15) is 8.78 Å². The molecule has 0 amide bonds. The minimum Gasteiger partial charge on any atom is -0.314 e. The highest BCUT2D eigenvalue weighted by atomic mass is 35.5. The predicted molar refractivity (Wildman–Crippen MR) is 82.7 cm³/mol. The van der Waals surface area contributed by atoms with Crippen molar-refractivity contribution in [3.63, 3.8) is 0 Å². The molecule has 2 aromatic rings. The van der Waals surface area contributed by atoms with Crippen LogP contribution >= 0.6 is 11.6 Å². The first-order valence-electron chi connectivity index (χ1n) is 7.00. The third kappa shape index (κ3) is 4.80. The average molecular weight is 310 g/mol. The smallest absolute Gasteiger partial charge is 0.159 e. The lowest BCUT2D eigenvalue weighted by Gasteiger charge is -2.18. The zero-order valence-corrected chi connectivity index (χ0v) is 12.6. The van der Waals surface area contributed by atoms with Gasteiger partial charge in [0, 0.05) is 11.1 Å². The molecule has 1 nitrogen and oxygen atoms in total. The minimum absolute atomic E-state index is 0.168. The lowest BCUT2D eigenvalue weighted by atomic mass is 9.99. The van der Waals surface area contributed by atoms with Crippen LogP contribution in [0.1, 0.15) is 18.1 Å². The average Bonchev–Trinajstić information content (AvgIpc) is 2.46. The molecule has 0 aliphatic heterocycles. The molecule has 1 unspecified atom stereocenters. The van der Waals surface area contributed by atoms with E-state index in [-0.39, 0.29) is 6.04 Å². The fraction of sp³-hybridized carbons (Fsp3) is 0.294. The molecule has 0 saturated heterocycles. The Bertz CT molecular complexity index is 584. The first-order valence-corrected chi connectivity index (χ1v) is 7.38. The van der Waals surface area contributed by atoms with Gasteiger partial charge >= 0.3 is 0 Å². The van der Waals surface area contributed by atoms with E-state index in [2.05, 4.69) is 5.32 Å². The van der Waals surface area contributed by atoms with Crippen molar-refractivity contribution in [2.45, 2.75) is 25.8 Å². The fourth-order valence-electron chi connectivity index (χ4n) is 2.36. The van der Waals surface area contributed by atoms with Gasteiger partial charge in [0.05, 0.1) is 0 Å². The van der Waals surface area contributed by atoms with Crippen molar-refractivity contribution in [2.24, 2.45) is 0 Å². The van der Waals surface area contributed by atoms with E-state index < -0.39 is 11.6 Å². The molecule has 112 valence electrons. The highest BCUT2D eigenvalue weighted by molar-refractivity contribution is 6.30. The molecule has 0 aromatic heterocycles. The summed E-state index contributed by atoms with van der Waals surface area (Å²) in [4.78, 5) is 0. The highest BCUT2D eigenvalue weighted by Gasteiger charge is 2.11. The molecule has 2 aromatic carbocycles. The van der Waals surface area contributed by atoms with Crippen LogP contribution in [0, 0.1) is 11.6 Å². The zero-order chi connectivity index (χ0) is 15.2. The molecule has 0 aliphatic carbocycles. The van der Waals surface area contributed by atoms with Gasteiger partial charge in [0.15, 0.2) is 11.6 Å². The Morgan fingerprint density at radius 3 is 2.19 bits per heavy atom. The third-order valence-corrected chi connectivity index (χ3v) is 3.61. The van der Waals surface area contributed by atoms with Gasteiger partial charge < -0.3 is 5.32 Å². The molecule has 1 atom stereocenters. The van der Waals surface area contributed by atoms with Gasteiger partial charge in [0.25, 0.3) is 0 Å². The Balaban J connectivity index is 2.07. The number of nitrogens with one attached hydrogen (secondary N) is 1. The van der Waals surface area contributed by atoms with E-state index in [1.165, 1.54) is 12.1 Å². The van der Waals surface area contributed by atoms with Crippen molar-refractivity contribution >= 4 is 11.6 Å². The van der Waals surface area contributed by atoms with Crippen LogP contribution in [0.2, 0.25) is 5.02 Å². The van der Waals surface area contributed by atoms with Gasteiger partial charge in [-0.05, 0) is 54.8 Å². The molecular formula is C17H18ClF2N. The number of benzene rings is 2. The normalized spacial score (nSPS) is 12.4. The van der Waals surface area contributed by atoms with Gasteiger partial charge in [-0.1, -0.05) is 36.7 Å². The van der Waals surface area contributed by atoms with Crippen molar-refractivity contribution in [3.05, 3.63) is 70.2 Å². The van der Waals surface area contributed by atoms with Crippen LogP contribution < -0.4 is 5.32 Å². The van der Waals surface area contributed by atoms with Gasteiger partial charge in [0.1, 0.15) is 0 Å². The second-order valence-electron chi connectivity index (χ2n) is 5.04. The van der Waals surface area contributed by atoms with Crippen LogP contribution in [-0.4, -0.2) is 12.6 Å². The number of rotatable bonds is 6. The van der Waals surface area contributed by atoms with Crippen LogP contribution in [0.5, 0.6) is 0 Å². The quantitative estimate of drug-likeness (QED) is 0.835. The number of likely N-dealkylation sites (N-methyl/N-ethyl adjacent to an activating group) is 1. The highest BCUT2D eigenvalue weighted by Crippen LogP contribution is 2.15. The Hall–Kier alpha value is -1.45. The van der Waals surface area contributed by atoms with Crippen molar-refractivity contribution in [1.82, 2.24) is 5.32 Å². The molecule has 0 spiro atoms. The van der Waals surface area contributed by atoms with Crippen molar-refractivity contribution in [2.75, 3.05) is 6.54 Å². The summed E-state index contributed by atoms with van der Waals surface area (Å²) in [5.74, 6) is -1.61. The van der Waals surface area contributed by atoms with Gasteiger partial charge in [0.2, 0.25) is 0 Å². The standard InChI is InChI=1S/C17H18ClF2N/c1-2-21-15(9-12-3-6-14(18)7-4-12)10-13-5-8-16(19)17(20)11-13/h3-8,11,15,21H,2,9-10H2,1H3.